The fourth-order valence-electron chi connectivity index (χ4n) is 1.47. The average molecular weight is 299 g/mol. The van der Waals surface area contributed by atoms with Crippen molar-refractivity contribution in [1.29, 1.82) is 0 Å². The molecule has 0 amide bonds. The number of anilines is 2. The predicted molar refractivity (Wildman–Crippen MR) is 77.0 cm³/mol. The van der Waals surface area contributed by atoms with Crippen LogP contribution in [0.2, 0.25) is 5.02 Å². The summed E-state index contributed by atoms with van der Waals surface area (Å²) in [5, 5.41) is 3.80. The van der Waals surface area contributed by atoms with Crippen molar-refractivity contribution in [3.05, 3.63) is 40.7 Å². The first kappa shape index (κ1) is 13.9. The lowest BCUT2D eigenvalue weighted by atomic mass is 10.2. The summed E-state index contributed by atoms with van der Waals surface area (Å²) in [6, 6.07) is 6.21. The molecule has 0 aliphatic heterocycles. The zero-order chi connectivity index (χ0) is 13.8. The second-order valence-electron chi connectivity index (χ2n) is 3.77. The van der Waals surface area contributed by atoms with Gasteiger partial charge in [-0.25, -0.2) is 14.4 Å². The zero-order valence-electron chi connectivity index (χ0n) is 10.2. The minimum absolute atomic E-state index is 0.103. The molecule has 100 valence electrons. The van der Waals surface area contributed by atoms with Gasteiger partial charge in [-0.05, 0) is 24.0 Å². The lowest BCUT2D eigenvalue weighted by Gasteiger charge is -2.08. The van der Waals surface area contributed by atoms with Crippen molar-refractivity contribution in [2.24, 2.45) is 0 Å². The van der Waals surface area contributed by atoms with Crippen LogP contribution in [-0.4, -0.2) is 16.2 Å². The van der Waals surface area contributed by atoms with E-state index in [-0.39, 0.29) is 5.02 Å². The number of rotatable bonds is 4. The molecule has 4 nitrogen and oxygen atoms in total. The molecule has 0 unspecified atom stereocenters. The Kier molecular flexibility index (Phi) is 4.44. The van der Waals surface area contributed by atoms with Crippen LogP contribution in [0.4, 0.5) is 16.0 Å². The van der Waals surface area contributed by atoms with Crippen LogP contribution in [0.25, 0.3) is 0 Å². The van der Waals surface area contributed by atoms with Crippen LogP contribution in [0, 0.1) is 5.82 Å². The van der Waals surface area contributed by atoms with Gasteiger partial charge in [0.15, 0.2) is 5.16 Å². The van der Waals surface area contributed by atoms with Crippen molar-refractivity contribution in [3.63, 3.8) is 0 Å². The minimum Gasteiger partial charge on any atom is -0.383 e. The summed E-state index contributed by atoms with van der Waals surface area (Å²) in [5.41, 5.74) is 6.53. The number of thioether (sulfide) groups is 1. The van der Waals surface area contributed by atoms with Gasteiger partial charge >= 0.3 is 0 Å². The normalized spacial score (nSPS) is 10.5. The fraction of sp³-hybridized carbons (Fsp3) is 0.167. The van der Waals surface area contributed by atoms with Gasteiger partial charge in [0, 0.05) is 12.6 Å². The third-order valence-electron chi connectivity index (χ3n) is 2.37. The third kappa shape index (κ3) is 3.71. The first-order chi connectivity index (χ1) is 9.08. The molecule has 19 heavy (non-hydrogen) atoms. The Balaban J connectivity index is 2.09. The fourth-order valence-corrected chi connectivity index (χ4v) is 2.06. The van der Waals surface area contributed by atoms with E-state index in [1.54, 1.807) is 18.2 Å². The molecule has 0 aliphatic rings. The summed E-state index contributed by atoms with van der Waals surface area (Å²) in [6.07, 6.45) is 1.87. The largest absolute Gasteiger partial charge is 0.383 e. The summed E-state index contributed by atoms with van der Waals surface area (Å²) in [7, 11) is 0. The molecule has 0 spiro atoms. The third-order valence-corrected chi connectivity index (χ3v) is 3.20. The number of nitrogens with zero attached hydrogens (tertiary/aromatic N) is 2. The number of hydrogen-bond acceptors (Lipinski definition) is 5. The Morgan fingerprint density at radius 2 is 2.16 bits per heavy atom. The SMILES string of the molecule is CSc1nc(N)cc(NCc2ccc(F)c(Cl)c2)n1. The maximum Gasteiger partial charge on any atom is 0.191 e. The van der Waals surface area contributed by atoms with Crippen molar-refractivity contribution in [2.75, 3.05) is 17.3 Å². The van der Waals surface area contributed by atoms with Crippen molar-refractivity contribution in [1.82, 2.24) is 9.97 Å². The quantitative estimate of drug-likeness (QED) is 0.670. The van der Waals surface area contributed by atoms with Crippen LogP contribution < -0.4 is 11.1 Å². The molecule has 0 saturated heterocycles. The first-order valence-corrected chi connectivity index (χ1v) is 7.05. The lowest BCUT2D eigenvalue weighted by molar-refractivity contribution is 0.627. The minimum atomic E-state index is -0.429. The van der Waals surface area contributed by atoms with Crippen LogP contribution in [0.3, 0.4) is 0 Å². The standard InChI is InChI=1S/C12H12ClFN4S/c1-19-12-17-10(15)5-11(18-12)16-6-7-2-3-9(14)8(13)4-7/h2-5H,6H2,1H3,(H3,15,16,17,18). The van der Waals surface area contributed by atoms with Crippen LogP contribution >= 0.6 is 23.4 Å². The molecular formula is C12H12ClFN4S. The van der Waals surface area contributed by atoms with Crippen LogP contribution in [0.15, 0.2) is 29.4 Å². The molecule has 0 saturated carbocycles. The van der Waals surface area contributed by atoms with E-state index in [4.69, 9.17) is 17.3 Å². The van der Waals surface area contributed by atoms with E-state index < -0.39 is 5.82 Å². The Morgan fingerprint density at radius 1 is 1.37 bits per heavy atom. The maximum absolute atomic E-state index is 13.0. The van der Waals surface area contributed by atoms with E-state index in [9.17, 15) is 4.39 Å². The highest BCUT2D eigenvalue weighted by Crippen LogP contribution is 2.18. The van der Waals surface area contributed by atoms with E-state index in [2.05, 4.69) is 15.3 Å². The molecule has 3 N–H and O–H groups in total. The van der Waals surface area contributed by atoms with Gasteiger partial charge in [0.1, 0.15) is 17.5 Å². The second kappa shape index (κ2) is 6.08. The van der Waals surface area contributed by atoms with Gasteiger partial charge in [-0.3, -0.25) is 0 Å². The molecule has 0 radical (unpaired) electrons. The van der Waals surface area contributed by atoms with Crippen LogP contribution in [0.5, 0.6) is 0 Å². The number of benzene rings is 1. The van der Waals surface area contributed by atoms with E-state index >= 15 is 0 Å². The molecular weight excluding hydrogens is 287 g/mol. The van der Waals surface area contributed by atoms with Gasteiger partial charge in [0.05, 0.1) is 5.02 Å². The highest BCUT2D eigenvalue weighted by atomic mass is 35.5. The smallest absolute Gasteiger partial charge is 0.191 e. The number of aromatic nitrogens is 2. The number of nitrogens with two attached hydrogens (primary N) is 1. The summed E-state index contributed by atoms with van der Waals surface area (Å²) in [6.45, 7) is 0.476. The Hall–Kier alpha value is -1.53. The van der Waals surface area contributed by atoms with Gasteiger partial charge in [-0.15, -0.1) is 0 Å². The number of hydrogen-bond donors (Lipinski definition) is 2. The lowest BCUT2D eigenvalue weighted by Crippen LogP contribution is -2.04. The number of halogens is 2. The molecule has 0 atom stereocenters. The summed E-state index contributed by atoms with van der Waals surface area (Å²) in [4.78, 5) is 8.31. The zero-order valence-corrected chi connectivity index (χ0v) is 11.7. The summed E-state index contributed by atoms with van der Waals surface area (Å²) < 4.78 is 13.0. The second-order valence-corrected chi connectivity index (χ2v) is 4.95. The Bertz CT molecular complexity index is 594. The molecule has 2 aromatic rings. The predicted octanol–water partition coefficient (Wildman–Crippen LogP) is 3.19. The van der Waals surface area contributed by atoms with E-state index in [0.717, 1.165) is 5.56 Å². The van der Waals surface area contributed by atoms with Gasteiger partial charge in [-0.2, -0.15) is 0 Å². The number of nitrogens with one attached hydrogen (secondary N) is 1. The highest BCUT2D eigenvalue weighted by Gasteiger charge is 2.03. The van der Waals surface area contributed by atoms with Crippen molar-refractivity contribution in [2.45, 2.75) is 11.7 Å². The van der Waals surface area contributed by atoms with Crippen molar-refractivity contribution < 1.29 is 4.39 Å². The topological polar surface area (TPSA) is 63.8 Å². The van der Waals surface area contributed by atoms with Gasteiger partial charge in [-0.1, -0.05) is 29.4 Å². The Labute approximate surface area is 119 Å². The molecule has 2 rings (SSSR count). The monoisotopic (exact) mass is 298 g/mol. The molecule has 1 aromatic carbocycles. The molecule has 0 aliphatic carbocycles. The van der Waals surface area contributed by atoms with Gasteiger partial charge in [0.2, 0.25) is 0 Å². The summed E-state index contributed by atoms with van der Waals surface area (Å²) in [5.74, 6) is 0.595. The highest BCUT2D eigenvalue weighted by molar-refractivity contribution is 7.98. The van der Waals surface area contributed by atoms with Crippen molar-refractivity contribution in [3.8, 4) is 0 Å². The molecule has 1 aromatic heterocycles. The first-order valence-electron chi connectivity index (χ1n) is 5.45. The van der Waals surface area contributed by atoms with E-state index in [1.807, 2.05) is 6.26 Å². The van der Waals surface area contributed by atoms with Gasteiger partial charge < -0.3 is 11.1 Å². The summed E-state index contributed by atoms with van der Waals surface area (Å²) >= 11 is 7.13. The molecule has 1 heterocycles. The Morgan fingerprint density at radius 3 is 2.84 bits per heavy atom. The van der Waals surface area contributed by atoms with Gasteiger partial charge in [0.25, 0.3) is 0 Å². The van der Waals surface area contributed by atoms with Crippen LogP contribution in [-0.2, 0) is 6.54 Å². The molecule has 7 heteroatoms. The molecule has 0 fully saturated rings. The van der Waals surface area contributed by atoms with E-state index in [0.29, 0.717) is 23.3 Å². The number of nitrogen functional groups attached to an aromatic ring is 1. The van der Waals surface area contributed by atoms with E-state index in [1.165, 1.54) is 17.8 Å². The average Bonchev–Trinajstić information content (AvgIpc) is 2.39. The van der Waals surface area contributed by atoms with Crippen molar-refractivity contribution >= 4 is 35.0 Å². The van der Waals surface area contributed by atoms with Crippen LogP contribution in [0.1, 0.15) is 5.56 Å². The molecule has 0 bridgehead atoms. The maximum atomic E-state index is 13.0.